The van der Waals surface area contributed by atoms with Crippen molar-refractivity contribution >= 4 is 32.6 Å². The molecule has 0 bridgehead atoms. The number of hydrogen-bond acceptors (Lipinski definition) is 2. The van der Waals surface area contributed by atoms with E-state index in [-0.39, 0.29) is 0 Å². The molecule has 0 radical (unpaired) electrons. The van der Waals surface area contributed by atoms with E-state index in [1.165, 1.54) is 32.7 Å². The maximum absolute atomic E-state index is 10.2. The molecule has 55 heavy (non-hydrogen) atoms. The molecule has 10 aromatic rings. The molecule has 0 fully saturated rings. The van der Waals surface area contributed by atoms with Gasteiger partial charge in [0.25, 0.3) is 0 Å². The summed E-state index contributed by atoms with van der Waals surface area (Å²) in [5.41, 5.74) is 14.2. The second kappa shape index (κ2) is 13.5. The zero-order valence-electron chi connectivity index (χ0n) is 29.9. The van der Waals surface area contributed by atoms with Crippen molar-refractivity contribution in [2.24, 2.45) is 0 Å². The van der Waals surface area contributed by atoms with Gasteiger partial charge in [-0.05, 0) is 98.8 Å². The molecule has 3 nitrogen and oxygen atoms in total. The van der Waals surface area contributed by atoms with E-state index < -0.39 is 0 Å². The lowest BCUT2D eigenvalue weighted by Gasteiger charge is -2.15. The minimum atomic E-state index is 0.631. The summed E-state index contributed by atoms with van der Waals surface area (Å²) in [5.74, 6) is 0. The molecule has 0 saturated heterocycles. The molecule has 2 heterocycles. The number of nitrogens with zero attached hydrogens (tertiary/aromatic N) is 3. The van der Waals surface area contributed by atoms with Crippen molar-refractivity contribution in [3.05, 3.63) is 206 Å². The van der Waals surface area contributed by atoms with Crippen LogP contribution in [0, 0.1) is 11.3 Å². The van der Waals surface area contributed by atoms with Gasteiger partial charge in [0.05, 0.1) is 34.1 Å². The van der Waals surface area contributed by atoms with Crippen LogP contribution in [0.3, 0.4) is 0 Å². The summed E-state index contributed by atoms with van der Waals surface area (Å²) in [6, 6.07) is 72.7. The molecule has 0 N–H and O–H groups in total. The second-order valence-corrected chi connectivity index (χ2v) is 13.9. The molecular weight excluding hydrogens is 667 g/mol. The van der Waals surface area contributed by atoms with E-state index in [1.54, 1.807) is 0 Å². The lowest BCUT2D eigenvalue weighted by Crippen LogP contribution is -1.97. The van der Waals surface area contributed by atoms with Crippen LogP contribution in [0.15, 0.2) is 200 Å². The fourth-order valence-corrected chi connectivity index (χ4v) is 7.89. The number of hydrogen-bond donors (Lipinski definition) is 0. The Morgan fingerprint density at radius 3 is 1.84 bits per heavy atom. The summed E-state index contributed by atoms with van der Waals surface area (Å²) in [4.78, 5) is 5.25. The van der Waals surface area contributed by atoms with Crippen molar-refractivity contribution < 1.29 is 0 Å². The van der Waals surface area contributed by atoms with E-state index in [4.69, 9.17) is 4.98 Å². The van der Waals surface area contributed by atoms with E-state index in [9.17, 15) is 5.26 Å². The topological polar surface area (TPSA) is 41.6 Å². The maximum atomic E-state index is 10.2. The fourth-order valence-electron chi connectivity index (χ4n) is 7.89. The number of fused-ring (bicyclic) bond motifs is 4. The van der Waals surface area contributed by atoms with Crippen LogP contribution in [0.2, 0.25) is 0 Å². The van der Waals surface area contributed by atoms with Gasteiger partial charge in [0.15, 0.2) is 0 Å². The number of rotatable bonds is 6. The molecule has 0 unspecified atom stereocenters. The predicted molar refractivity (Wildman–Crippen MR) is 228 cm³/mol. The van der Waals surface area contributed by atoms with Crippen molar-refractivity contribution in [3.63, 3.8) is 0 Å². The highest BCUT2D eigenvalue weighted by Gasteiger charge is 2.17. The van der Waals surface area contributed by atoms with Gasteiger partial charge in [-0.2, -0.15) is 5.26 Å². The smallest absolute Gasteiger partial charge is 0.0998 e. The highest BCUT2D eigenvalue weighted by Crippen LogP contribution is 2.39. The van der Waals surface area contributed by atoms with E-state index in [0.29, 0.717) is 5.56 Å². The number of aromatic nitrogens is 2. The lowest BCUT2D eigenvalue weighted by atomic mass is 9.96. The Balaban J connectivity index is 1.16. The van der Waals surface area contributed by atoms with E-state index in [2.05, 4.69) is 180 Å². The van der Waals surface area contributed by atoms with Gasteiger partial charge in [-0.1, -0.05) is 146 Å². The van der Waals surface area contributed by atoms with Gasteiger partial charge in [0, 0.05) is 27.6 Å². The minimum Gasteiger partial charge on any atom is -0.309 e. The van der Waals surface area contributed by atoms with Crippen LogP contribution >= 0.6 is 0 Å². The molecule has 0 saturated carbocycles. The zero-order valence-corrected chi connectivity index (χ0v) is 29.9. The van der Waals surface area contributed by atoms with Crippen LogP contribution in [-0.4, -0.2) is 9.55 Å². The van der Waals surface area contributed by atoms with Gasteiger partial charge in [0.2, 0.25) is 0 Å². The van der Waals surface area contributed by atoms with Gasteiger partial charge in [-0.15, -0.1) is 0 Å². The van der Waals surface area contributed by atoms with Crippen molar-refractivity contribution in [2.75, 3.05) is 0 Å². The zero-order chi connectivity index (χ0) is 36.7. The van der Waals surface area contributed by atoms with E-state index >= 15 is 0 Å². The van der Waals surface area contributed by atoms with Crippen LogP contribution < -0.4 is 0 Å². The third-order valence-electron chi connectivity index (χ3n) is 10.6. The average molecular weight is 700 g/mol. The molecule has 2 aromatic heterocycles. The summed E-state index contributed by atoms with van der Waals surface area (Å²) >= 11 is 0. The number of para-hydroxylation sites is 1. The van der Waals surface area contributed by atoms with Crippen molar-refractivity contribution in [1.29, 1.82) is 5.26 Å². The molecular formula is C52H33N3. The van der Waals surface area contributed by atoms with Crippen LogP contribution in [0.5, 0.6) is 0 Å². The summed E-state index contributed by atoms with van der Waals surface area (Å²) < 4.78 is 2.36. The monoisotopic (exact) mass is 699 g/mol. The Kier molecular flexibility index (Phi) is 7.86. The Morgan fingerprint density at radius 2 is 1.00 bits per heavy atom. The molecule has 0 spiro atoms. The van der Waals surface area contributed by atoms with Crippen LogP contribution in [0.25, 0.3) is 94.2 Å². The normalized spacial score (nSPS) is 11.3. The first kappa shape index (κ1) is 32.1. The van der Waals surface area contributed by atoms with Gasteiger partial charge < -0.3 is 4.57 Å². The molecule has 0 atom stereocenters. The van der Waals surface area contributed by atoms with Crippen molar-refractivity contribution in [2.45, 2.75) is 0 Å². The Labute approximate surface area is 319 Å². The van der Waals surface area contributed by atoms with Crippen molar-refractivity contribution in [3.8, 4) is 67.7 Å². The van der Waals surface area contributed by atoms with Gasteiger partial charge in [-0.3, -0.25) is 0 Å². The van der Waals surface area contributed by atoms with Gasteiger partial charge in [0.1, 0.15) is 0 Å². The standard InChI is InChI=1S/C52H33N3/c53-34-42-15-6-7-16-46(42)43-30-44(50-19-10-18-49(54-50)41-26-25-36-13-4-5-14-39(36)29-41)32-45(31-43)55-51-20-9-8-17-47(51)48-28-27-40(33-52(48)55)38-23-21-37(22-24-38)35-11-2-1-3-12-35/h1-33H. The summed E-state index contributed by atoms with van der Waals surface area (Å²) in [5, 5.41) is 14.9. The van der Waals surface area contributed by atoms with Crippen molar-refractivity contribution in [1.82, 2.24) is 9.55 Å². The van der Waals surface area contributed by atoms with Crippen LogP contribution in [-0.2, 0) is 0 Å². The third kappa shape index (κ3) is 5.83. The minimum absolute atomic E-state index is 0.631. The Bertz CT molecular complexity index is 3090. The fraction of sp³-hybridized carbons (Fsp3) is 0. The van der Waals surface area contributed by atoms with Crippen LogP contribution in [0.4, 0.5) is 0 Å². The Hall–Kier alpha value is -7.54. The quantitative estimate of drug-likeness (QED) is 0.173. The SMILES string of the molecule is N#Cc1ccccc1-c1cc(-c2cccc(-c3ccc4ccccc4c3)n2)cc(-n2c3ccccc3c3ccc(-c4ccc(-c5ccccc5)cc4)cc32)c1. The highest BCUT2D eigenvalue weighted by molar-refractivity contribution is 6.10. The number of nitriles is 1. The molecule has 0 aliphatic heterocycles. The molecule has 256 valence electrons. The number of pyridine rings is 1. The Morgan fingerprint density at radius 1 is 0.382 bits per heavy atom. The molecule has 0 aliphatic carbocycles. The highest BCUT2D eigenvalue weighted by atomic mass is 15.0. The van der Waals surface area contributed by atoms with E-state index in [0.717, 1.165) is 61.5 Å². The number of benzene rings is 8. The molecule has 10 rings (SSSR count). The molecule has 0 aliphatic rings. The summed E-state index contributed by atoms with van der Waals surface area (Å²) in [6.45, 7) is 0. The third-order valence-corrected chi connectivity index (χ3v) is 10.6. The van der Waals surface area contributed by atoms with Gasteiger partial charge in [-0.25, -0.2) is 4.98 Å². The maximum Gasteiger partial charge on any atom is 0.0998 e. The second-order valence-electron chi connectivity index (χ2n) is 13.9. The van der Waals surface area contributed by atoms with E-state index in [1.807, 2.05) is 30.3 Å². The van der Waals surface area contributed by atoms with Gasteiger partial charge >= 0.3 is 0 Å². The summed E-state index contributed by atoms with van der Waals surface area (Å²) in [7, 11) is 0. The van der Waals surface area contributed by atoms with Crippen LogP contribution in [0.1, 0.15) is 5.56 Å². The predicted octanol–water partition coefficient (Wildman–Crippen LogP) is 13.5. The lowest BCUT2D eigenvalue weighted by molar-refractivity contribution is 1.18. The average Bonchev–Trinajstić information content (AvgIpc) is 3.60. The largest absolute Gasteiger partial charge is 0.309 e. The molecule has 8 aromatic carbocycles. The first-order valence-corrected chi connectivity index (χ1v) is 18.5. The first-order valence-electron chi connectivity index (χ1n) is 18.5. The summed E-state index contributed by atoms with van der Waals surface area (Å²) in [6.07, 6.45) is 0. The molecule has 3 heteroatoms. The molecule has 0 amide bonds. The first-order chi connectivity index (χ1) is 27.2.